The van der Waals surface area contributed by atoms with Crippen LogP contribution in [0, 0.1) is 0 Å². The van der Waals surface area contributed by atoms with Crippen molar-refractivity contribution in [1.82, 2.24) is 0 Å². The summed E-state index contributed by atoms with van der Waals surface area (Å²) >= 11 is 25.5. The van der Waals surface area contributed by atoms with Gasteiger partial charge in [0.1, 0.15) is 0 Å². The molecule has 88 valence electrons. The second kappa shape index (κ2) is 5.73. The molecule has 2 rings (SSSR count). The van der Waals surface area contributed by atoms with Crippen molar-refractivity contribution >= 4 is 58.2 Å². The van der Waals surface area contributed by atoms with Gasteiger partial charge in [0.05, 0.1) is 15.1 Å². The van der Waals surface area contributed by atoms with E-state index in [-0.39, 0.29) is 0 Å². The minimum atomic E-state index is 0.582. The average Bonchev–Trinajstić information content (AvgIpc) is 2.26. The van der Waals surface area contributed by atoms with E-state index in [0.717, 1.165) is 9.79 Å². The van der Waals surface area contributed by atoms with Gasteiger partial charge in [0.15, 0.2) is 0 Å². The van der Waals surface area contributed by atoms with Crippen LogP contribution in [0.15, 0.2) is 46.2 Å². The Bertz CT molecular complexity index is 534. The van der Waals surface area contributed by atoms with Crippen LogP contribution in [0.3, 0.4) is 0 Å². The highest BCUT2D eigenvalue weighted by Crippen LogP contribution is 2.41. The summed E-state index contributed by atoms with van der Waals surface area (Å²) in [5.41, 5.74) is 0. The maximum Gasteiger partial charge on any atom is 0.0560 e. The predicted octanol–water partition coefficient (Wildman–Crippen LogP) is 6.45. The third-order valence-corrected chi connectivity index (χ3v) is 4.76. The zero-order valence-electron chi connectivity index (χ0n) is 8.38. The van der Waals surface area contributed by atoms with Crippen LogP contribution in [0.1, 0.15) is 0 Å². The van der Waals surface area contributed by atoms with Gasteiger partial charge in [-0.25, -0.2) is 0 Å². The van der Waals surface area contributed by atoms with Crippen LogP contribution in [0.4, 0.5) is 0 Å². The van der Waals surface area contributed by atoms with Crippen LogP contribution < -0.4 is 0 Å². The average molecular weight is 324 g/mol. The fraction of sp³-hybridized carbons (Fsp3) is 0. The molecule has 0 aliphatic carbocycles. The SMILES string of the molecule is Clc1ccc(Sc2c(Cl)cccc2Cl)c(Cl)c1. The molecule has 0 aromatic heterocycles. The number of hydrogen-bond acceptors (Lipinski definition) is 1. The first-order valence-corrected chi connectivity index (χ1v) is 6.97. The minimum Gasteiger partial charge on any atom is -0.0854 e. The Morgan fingerprint density at radius 3 is 2.00 bits per heavy atom. The molecule has 0 radical (unpaired) electrons. The molecule has 0 saturated heterocycles. The lowest BCUT2D eigenvalue weighted by molar-refractivity contribution is 1.40. The highest BCUT2D eigenvalue weighted by molar-refractivity contribution is 7.99. The van der Waals surface area contributed by atoms with Crippen LogP contribution in [-0.2, 0) is 0 Å². The Hall–Kier alpha value is -0.0500. The smallest absolute Gasteiger partial charge is 0.0560 e. The van der Waals surface area contributed by atoms with Gasteiger partial charge >= 0.3 is 0 Å². The van der Waals surface area contributed by atoms with Gasteiger partial charge in [-0.15, -0.1) is 0 Å². The van der Waals surface area contributed by atoms with Gasteiger partial charge < -0.3 is 0 Å². The molecule has 2 aromatic carbocycles. The van der Waals surface area contributed by atoms with Crippen molar-refractivity contribution in [1.29, 1.82) is 0 Å². The van der Waals surface area contributed by atoms with Crippen molar-refractivity contribution in [3.8, 4) is 0 Å². The molecule has 0 bridgehead atoms. The van der Waals surface area contributed by atoms with E-state index < -0.39 is 0 Å². The maximum atomic E-state index is 6.09. The molecular formula is C12H6Cl4S. The Morgan fingerprint density at radius 1 is 0.765 bits per heavy atom. The second-order valence-corrected chi connectivity index (χ2v) is 5.94. The van der Waals surface area contributed by atoms with E-state index >= 15 is 0 Å². The van der Waals surface area contributed by atoms with Crippen molar-refractivity contribution in [3.63, 3.8) is 0 Å². The Kier molecular flexibility index (Phi) is 4.51. The van der Waals surface area contributed by atoms with E-state index in [0.29, 0.717) is 20.1 Å². The molecule has 0 fully saturated rings. The topological polar surface area (TPSA) is 0 Å². The molecule has 0 nitrogen and oxygen atoms in total. The zero-order valence-corrected chi connectivity index (χ0v) is 12.2. The summed E-state index contributed by atoms with van der Waals surface area (Å²) in [6.07, 6.45) is 0. The van der Waals surface area contributed by atoms with E-state index in [2.05, 4.69) is 0 Å². The first kappa shape index (κ1) is 13.4. The number of halogens is 4. The molecule has 0 heterocycles. The molecule has 0 atom stereocenters. The van der Waals surface area contributed by atoms with Gasteiger partial charge in [0.2, 0.25) is 0 Å². The Morgan fingerprint density at radius 2 is 1.41 bits per heavy atom. The summed E-state index contributed by atoms with van der Waals surface area (Å²) in [4.78, 5) is 1.66. The largest absolute Gasteiger partial charge is 0.0854 e. The molecule has 0 unspecified atom stereocenters. The normalized spacial score (nSPS) is 10.6. The monoisotopic (exact) mass is 322 g/mol. The van der Waals surface area contributed by atoms with Crippen LogP contribution >= 0.6 is 58.2 Å². The third kappa shape index (κ3) is 3.24. The van der Waals surface area contributed by atoms with E-state index in [1.807, 2.05) is 6.07 Å². The van der Waals surface area contributed by atoms with Crippen LogP contribution in [-0.4, -0.2) is 0 Å². The van der Waals surface area contributed by atoms with Crippen molar-refractivity contribution in [2.45, 2.75) is 9.79 Å². The first-order chi connectivity index (χ1) is 8.08. The van der Waals surface area contributed by atoms with Gasteiger partial charge in [-0.1, -0.05) is 64.2 Å². The molecule has 5 heteroatoms. The fourth-order valence-corrected chi connectivity index (χ4v) is 3.24. The summed E-state index contributed by atoms with van der Waals surface area (Å²) in [6, 6.07) is 10.7. The summed E-state index contributed by atoms with van der Waals surface area (Å²) in [6.45, 7) is 0. The van der Waals surface area contributed by atoms with E-state index in [1.165, 1.54) is 11.8 Å². The zero-order chi connectivity index (χ0) is 12.4. The fourth-order valence-electron chi connectivity index (χ4n) is 1.25. The number of rotatable bonds is 2. The van der Waals surface area contributed by atoms with Gasteiger partial charge in [-0.3, -0.25) is 0 Å². The predicted molar refractivity (Wildman–Crippen MR) is 77.0 cm³/mol. The third-order valence-electron chi connectivity index (χ3n) is 2.02. The molecule has 0 amide bonds. The Balaban J connectivity index is 2.38. The Labute approximate surface area is 124 Å². The lowest BCUT2D eigenvalue weighted by atomic mass is 10.3. The summed E-state index contributed by atoms with van der Waals surface area (Å²) in [7, 11) is 0. The molecular weight excluding hydrogens is 318 g/mol. The van der Waals surface area contributed by atoms with E-state index in [1.54, 1.807) is 30.3 Å². The number of benzene rings is 2. The summed E-state index contributed by atoms with van der Waals surface area (Å²) in [5, 5.41) is 2.39. The van der Waals surface area contributed by atoms with Crippen molar-refractivity contribution in [2.75, 3.05) is 0 Å². The van der Waals surface area contributed by atoms with E-state index in [4.69, 9.17) is 46.4 Å². The molecule has 2 aromatic rings. The quantitative estimate of drug-likeness (QED) is 0.611. The van der Waals surface area contributed by atoms with Crippen molar-refractivity contribution in [2.24, 2.45) is 0 Å². The molecule has 17 heavy (non-hydrogen) atoms. The van der Waals surface area contributed by atoms with Crippen molar-refractivity contribution < 1.29 is 0 Å². The van der Waals surface area contributed by atoms with Crippen LogP contribution in [0.25, 0.3) is 0 Å². The molecule has 0 N–H and O–H groups in total. The maximum absolute atomic E-state index is 6.09. The van der Waals surface area contributed by atoms with Gasteiger partial charge in [-0.2, -0.15) is 0 Å². The van der Waals surface area contributed by atoms with Crippen LogP contribution in [0.2, 0.25) is 20.1 Å². The standard InChI is InChI=1S/C12H6Cl4S/c13-7-4-5-11(10(16)6-7)17-12-8(14)2-1-3-9(12)15/h1-6H. The minimum absolute atomic E-state index is 0.582. The molecule has 0 saturated carbocycles. The van der Waals surface area contributed by atoms with Gasteiger partial charge in [-0.05, 0) is 30.3 Å². The molecule has 0 spiro atoms. The first-order valence-electron chi connectivity index (χ1n) is 4.65. The van der Waals surface area contributed by atoms with Crippen LogP contribution in [0.5, 0.6) is 0 Å². The second-order valence-electron chi connectivity index (χ2n) is 3.23. The number of hydrogen-bond donors (Lipinski definition) is 0. The summed E-state index contributed by atoms with van der Waals surface area (Å²) in [5.74, 6) is 0. The lowest BCUT2D eigenvalue weighted by Crippen LogP contribution is -1.79. The van der Waals surface area contributed by atoms with Crippen molar-refractivity contribution in [3.05, 3.63) is 56.5 Å². The van der Waals surface area contributed by atoms with Gasteiger partial charge in [0.25, 0.3) is 0 Å². The lowest BCUT2D eigenvalue weighted by Gasteiger charge is -2.08. The van der Waals surface area contributed by atoms with E-state index in [9.17, 15) is 0 Å². The molecule has 0 aliphatic heterocycles. The highest BCUT2D eigenvalue weighted by Gasteiger charge is 2.10. The molecule has 0 aliphatic rings. The summed E-state index contributed by atoms with van der Waals surface area (Å²) < 4.78 is 0. The highest BCUT2D eigenvalue weighted by atomic mass is 35.5. The van der Waals surface area contributed by atoms with Gasteiger partial charge in [0, 0.05) is 14.8 Å².